The van der Waals surface area contributed by atoms with Gasteiger partial charge in [-0.05, 0) is 31.5 Å². The maximum Gasteiger partial charge on any atom is 0.307 e. The third kappa shape index (κ3) is 5.18. The standard InChI is InChI=1S/C19H25ClFN3O3/c20-16-4-1-5-17(21)15(16)12-22-7-9-24(10-8-22)18(25)13-23-6-2-3-14(11-23)19(26)27/h1,4-5,14H,2-3,6-13H2,(H,26,27). The molecule has 0 spiro atoms. The molecule has 2 fully saturated rings. The van der Waals surface area contributed by atoms with Crippen molar-refractivity contribution in [2.24, 2.45) is 5.92 Å². The van der Waals surface area contributed by atoms with Crippen LogP contribution in [-0.2, 0) is 16.1 Å². The van der Waals surface area contributed by atoms with Gasteiger partial charge in [-0.1, -0.05) is 17.7 Å². The number of benzene rings is 1. The van der Waals surface area contributed by atoms with E-state index in [1.165, 1.54) is 6.07 Å². The Morgan fingerprint density at radius 1 is 1.15 bits per heavy atom. The van der Waals surface area contributed by atoms with Gasteiger partial charge in [-0.3, -0.25) is 19.4 Å². The first-order valence-electron chi connectivity index (χ1n) is 9.32. The van der Waals surface area contributed by atoms with E-state index in [9.17, 15) is 14.0 Å². The second-order valence-electron chi connectivity index (χ2n) is 7.27. The van der Waals surface area contributed by atoms with Crippen molar-refractivity contribution in [2.45, 2.75) is 19.4 Å². The van der Waals surface area contributed by atoms with E-state index in [-0.39, 0.29) is 24.2 Å². The van der Waals surface area contributed by atoms with Crippen LogP contribution in [0.1, 0.15) is 18.4 Å². The van der Waals surface area contributed by atoms with Crippen LogP contribution in [0.4, 0.5) is 4.39 Å². The number of amides is 1. The second-order valence-corrected chi connectivity index (χ2v) is 7.68. The van der Waals surface area contributed by atoms with Gasteiger partial charge in [0.1, 0.15) is 5.82 Å². The Balaban J connectivity index is 1.47. The third-order valence-corrected chi connectivity index (χ3v) is 5.74. The molecular formula is C19H25ClFN3O3. The molecule has 6 nitrogen and oxygen atoms in total. The average Bonchev–Trinajstić information content (AvgIpc) is 2.65. The smallest absolute Gasteiger partial charge is 0.307 e. The maximum absolute atomic E-state index is 13.9. The van der Waals surface area contributed by atoms with E-state index in [1.807, 2.05) is 9.80 Å². The fourth-order valence-electron chi connectivity index (χ4n) is 3.75. The monoisotopic (exact) mass is 397 g/mol. The molecule has 2 saturated heterocycles. The van der Waals surface area contributed by atoms with Gasteiger partial charge < -0.3 is 10.0 Å². The highest BCUT2D eigenvalue weighted by atomic mass is 35.5. The van der Waals surface area contributed by atoms with Crippen LogP contribution < -0.4 is 0 Å². The number of carboxylic acid groups (broad SMARTS) is 1. The van der Waals surface area contributed by atoms with E-state index in [4.69, 9.17) is 16.7 Å². The van der Waals surface area contributed by atoms with Crippen LogP contribution in [0.15, 0.2) is 18.2 Å². The average molecular weight is 398 g/mol. The molecule has 0 saturated carbocycles. The normalized spacial score (nSPS) is 22.0. The summed E-state index contributed by atoms with van der Waals surface area (Å²) in [5.74, 6) is -1.44. The number of carboxylic acids is 1. The largest absolute Gasteiger partial charge is 0.481 e. The van der Waals surface area contributed by atoms with E-state index < -0.39 is 5.97 Å². The highest BCUT2D eigenvalue weighted by Crippen LogP contribution is 2.21. The minimum atomic E-state index is -0.785. The molecule has 148 valence electrons. The zero-order valence-electron chi connectivity index (χ0n) is 15.2. The number of hydrogen-bond donors (Lipinski definition) is 1. The molecule has 8 heteroatoms. The third-order valence-electron chi connectivity index (χ3n) is 5.38. The van der Waals surface area contributed by atoms with Gasteiger partial charge in [0.05, 0.1) is 12.5 Å². The molecule has 0 aromatic heterocycles. The maximum atomic E-state index is 13.9. The predicted octanol–water partition coefficient (Wildman–Crippen LogP) is 1.92. The van der Waals surface area contributed by atoms with Crippen molar-refractivity contribution in [2.75, 3.05) is 45.8 Å². The summed E-state index contributed by atoms with van der Waals surface area (Å²) in [6, 6.07) is 4.68. The molecule has 0 radical (unpaired) electrons. The van der Waals surface area contributed by atoms with Crippen molar-refractivity contribution < 1.29 is 19.1 Å². The van der Waals surface area contributed by atoms with Crippen molar-refractivity contribution >= 4 is 23.5 Å². The van der Waals surface area contributed by atoms with Crippen molar-refractivity contribution in [3.63, 3.8) is 0 Å². The number of nitrogens with zero attached hydrogens (tertiary/aromatic N) is 3. The van der Waals surface area contributed by atoms with E-state index in [1.54, 1.807) is 12.1 Å². The number of piperazine rings is 1. The second kappa shape index (κ2) is 8.99. The first kappa shape index (κ1) is 20.0. The van der Waals surface area contributed by atoms with Crippen LogP contribution in [0.2, 0.25) is 5.02 Å². The van der Waals surface area contributed by atoms with Crippen molar-refractivity contribution in [1.29, 1.82) is 0 Å². The number of carbonyl (C=O) groups is 2. The molecular weight excluding hydrogens is 373 g/mol. The van der Waals surface area contributed by atoms with Gasteiger partial charge in [0, 0.05) is 49.9 Å². The lowest BCUT2D eigenvalue weighted by Crippen LogP contribution is -2.52. The van der Waals surface area contributed by atoms with Gasteiger partial charge in [0.15, 0.2) is 0 Å². The SMILES string of the molecule is O=C(O)C1CCCN(CC(=O)N2CCN(Cc3c(F)cccc3Cl)CC2)C1. The fourth-order valence-corrected chi connectivity index (χ4v) is 3.98. The highest BCUT2D eigenvalue weighted by Gasteiger charge is 2.28. The van der Waals surface area contributed by atoms with Crippen LogP contribution in [0.3, 0.4) is 0 Å². The highest BCUT2D eigenvalue weighted by molar-refractivity contribution is 6.31. The van der Waals surface area contributed by atoms with Crippen molar-refractivity contribution in [3.05, 3.63) is 34.6 Å². The Hall–Kier alpha value is -1.70. The molecule has 3 rings (SSSR count). The molecule has 2 aliphatic rings. The summed E-state index contributed by atoms with van der Waals surface area (Å²) in [7, 11) is 0. The molecule has 27 heavy (non-hydrogen) atoms. The molecule has 2 heterocycles. The minimum Gasteiger partial charge on any atom is -0.481 e. The van der Waals surface area contributed by atoms with Crippen molar-refractivity contribution in [3.8, 4) is 0 Å². The Morgan fingerprint density at radius 2 is 1.89 bits per heavy atom. The molecule has 1 aromatic rings. The summed E-state index contributed by atoms with van der Waals surface area (Å²) < 4.78 is 13.9. The van der Waals surface area contributed by atoms with Gasteiger partial charge in [0.2, 0.25) is 5.91 Å². The number of rotatable bonds is 5. The number of piperidine rings is 1. The van der Waals surface area contributed by atoms with Crippen LogP contribution in [-0.4, -0.2) is 77.5 Å². The number of halogens is 2. The van der Waals surface area contributed by atoms with Gasteiger partial charge >= 0.3 is 5.97 Å². The quantitative estimate of drug-likeness (QED) is 0.822. The Labute approximate surface area is 163 Å². The zero-order valence-corrected chi connectivity index (χ0v) is 16.0. The lowest BCUT2D eigenvalue weighted by molar-refractivity contribution is -0.145. The summed E-state index contributed by atoms with van der Waals surface area (Å²) in [5, 5.41) is 9.59. The van der Waals surface area contributed by atoms with Gasteiger partial charge in [-0.25, -0.2) is 4.39 Å². The summed E-state index contributed by atoms with van der Waals surface area (Å²) in [4.78, 5) is 29.6. The van der Waals surface area contributed by atoms with E-state index in [2.05, 4.69) is 4.90 Å². The summed E-state index contributed by atoms with van der Waals surface area (Å²) in [6.45, 7) is 4.39. The lowest BCUT2D eigenvalue weighted by Gasteiger charge is -2.37. The van der Waals surface area contributed by atoms with E-state index >= 15 is 0 Å². The number of hydrogen-bond acceptors (Lipinski definition) is 4. The van der Waals surface area contributed by atoms with Gasteiger partial charge in [0.25, 0.3) is 0 Å². The zero-order chi connectivity index (χ0) is 19.4. The van der Waals surface area contributed by atoms with Crippen LogP contribution in [0.25, 0.3) is 0 Å². The van der Waals surface area contributed by atoms with Crippen molar-refractivity contribution in [1.82, 2.24) is 14.7 Å². The molecule has 1 unspecified atom stereocenters. The molecule has 0 bridgehead atoms. The molecule has 1 N–H and O–H groups in total. The van der Waals surface area contributed by atoms with Crippen LogP contribution in [0.5, 0.6) is 0 Å². The van der Waals surface area contributed by atoms with Crippen LogP contribution in [0, 0.1) is 11.7 Å². The van der Waals surface area contributed by atoms with E-state index in [0.717, 1.165) is 13.0 Å². The molecule has 0 aliphatic carbocycles. The van der Waals surface area contributed by atoms with Gasteiger partial charge in [-0.2, -0.15) is 0 Å². The molecule has 2 aliphatic heterocycles. The number of likely N-dealkylation sites (tertiary alicyclic amines) is 1. The predicted molar refractivity (Wildman–Crippen MR) is 100 cm³/mol. The first-order valence-corrected chi connectivity index (χ1v) is 9.70. The molecule has 1 aromatic carbocycles. The van der Waals surface area contributed by atoms with E-state index in [0.29, 0.717) is 56.3 Å². The van der Waals surface area contributed by atoms with Crippen LogP contribution >= 0.6 is 11.6 Å². The summed E-state index contributed by atoms with van der Waals surface area (Å²) in [6.07, 6.45) is 1.48. The lowest BCUT2D eigenvalue weighted by atomic mass is 9.98. The molecule has 1 atom stereocenters. The minimum absolute atomic E-state index is 0.0320. The topological polar surface area (TPSA) is 64.1 Å². The number of carbonyl (C=O) groups excluding carboxylic acids is 1. The fraction of sp³-hybridized carbons (Fsp3) is 0.579. The Kier molecular flexibility index (Phi) is 6.68. The Morgan fingerprint density at radius 3 is 2.56 bits per heavy atom. The summed E-state index contributed by atoms with van der Waals surface area (Å²) in [5.41, 5.74) is 0.493. The first-order chi connectivity index (χ1) is 12.9. The number of aliphatic carboxylic acids is 1. The summed E-state index contributed by atoms with van der Waals surface area (Å²) >= 11 is 6.09. The Bertz CT molecular complexity index is 675. The molecule has 1 amide bonds. The van der Waals surface area contributed by atoms with Gasteiger partial charge in [-0.15, -0.1) is 0 Å².